The van der Waals surface area contributed by atoms with Crippen molar-refractivity contribution in [1.29, 1.82) is 0 Å². The summed E-state index contributed by atoms with van der Waals surface area (Å²) in [6.45, 7) is 1.89. The normalized spacial score (nSPS) is 11.0. The van der Waals surface area contributed by atoms with Crippen molar-refractivity contribution < 1.29 is 14.3 Å². The van der Waals surface area contributed by atoms with Crippen LogP contribution in [0.3, 0.4) is 0 Å². The molecule has 4 rings (SSSR count). The monoisotopic (exact) mass is 409 g/mol. The van der Waals surface area contributed by atoms with Gasteiger partial charge in [-0.2, -0.15) is 0 Å². The number of amides is 1. The summed E-state index contributed by atoms with van der Waals surface area (Å²) in [6, 6.07) is 13.0. The Labute approximate surface area is 171 Å². The second-order valence-corrected chi connectivity index (χ2v) is 7.18. The summed E-state index contributed by atoms with van der Waals surface area (Å²) in [4.78, 5) is 17.2. The average Bonchev–Trinajstić information content (AvgIpc) is 3.14. The minimum absolute atomic E-state index is 0.169. The Balaban J connectivity index is 1.56. The predicted molar refractivity (Wildman–Crippen MR) is 112 cm³/mol. The first kappa shape index (κ1) is 19.0. The summed E-state index contributed by atoms with van der Waals surface area (Å²) in [7, 11) is 3.12. The van der Waals surface area contributed by atoms with Gasteiger partial charge in [-0.05, 0) is 31.2 Å². The number of para-hydroxylation sites is 2. The molecule has 1 N–H and O–H groups in total. The molecule has 0 saturated heterocycles. The van der Waals surface area contributed by atoms with Crippen LogP contribution in [-0.4, -0.2) is 45.5 Å². The molecular formula is C20H19N5O3S. The summed E-state index contributed by atoms with van der Waals surface area (Å²) in [5.41, 5.74) is 2.97. The smallest absolute Gasteiger partial charge is 0.234 e. The number of aromatic nitrogens is 4. The first-order valence-electron chi connectivity index (χ1n) is 8.86. The number of hydrogen-bond acceptors (Lipinski definition) is 7. The molecule has 29 heavy (non-hydrogen) atoms. The molecule has 148 valence electrons. The van der Waals surface area contributed by atoms with Crippen molar-refractivity contribution in [3.8, 4) is 11.5 Å². The minimum atomic E-state index is -0.178. The first-order chi connectivity index (χ1) is 14.1. The van der Waals surface area contributed by atoms with Crippen LogP contribution >= 0.6 is 11.8 Å². The fraction of sp³-hybridized carbons (Fsp3) is 0.200. The molecule has 0 bridgehead atoms. The zero-order valence-corrected chi connectivity index (χ0v) is 17.0. The lowest BCUT2D eigenvalue weighted by Crippen LogP contribution is -2.15. The van der Waals surface area contributed by atoms with Crippen LogP contribution in [0.4, 0.5) is 5.69 Å². The van der Waals surface area contributed by atoms with Crippen LogP contribution in [0.15, 0.2) is 47.5 Å². The molecule has 0 aliphatic rings. The molecule has 0 fully saturated rings. The third kappa shape index (κ3) is 3.68. The van der Waals surface area contributed by atoms with E-state index >= 15 is 0 Å². The summed E-state index contributed by atoms with van der Waals surface area (Å²) in [5.74, 6) is 1.94. The van der Waals surface area contributed by atoms with E-state index in [4.69, 9.17) is 9.47 Å². The van der Waals surface area contributed by atoms with Gasteiger partial charge in [0.15, 0.2) is 5.65 Å². The third-order valence-electron chi connectivity index (χ3n) is 4.38. The summed E-state index contributed by atoms with van der Waals surface area (Å²) in [6.07, 6.45) is 0. The van der Waals surface area contributed by atoms with Gasteiger partial charge in [0, 0.05) is 6.07 Å². The average molecular weight is 409 g/mol. The molecule has 4 aromatic rings. The minimum Gasteiger partial charge on any atom is -0.497 e. The van der Waals surface area contributed by atoms with Crippen molar-refractivity contribution >= 4 is 40.0 Å². The van der Waals surface area contributed by atoms with Crippen LogP contribution < -0.4 is 14.8 Å². The van der Waals surface area contributed by atoms with E-state index in [1.807, 2.05) is 35.6 Å². The molecule has 2 aromatic heterocycles. The van der Waals surface area contributed by atoms with Crippen LogP contribution in [0.1, 0.15) is 5.82 Å². The highest BCUT2D eigenvalue weighted by molar-refractivity contribution is 8.00. The largest absolute Gasteiger partial charge is 0.497 e. The number of nitrogens with zero attached hydrogens (tertiary/aromatic N) is 4. The number of methoxy groups -OCH3 is 2. The molecule has 9 heteroatoms. The molecule has 0 spiro atoms. The Hall–Kier alpha value is -3.33. The van der Waals surface area contributed by atoms with Crippen LogP contribution in [-0.2, 0) is 4.79 Å². The number of benzene rings is 2. The number of anilines is 1. The van der Waals surface area contributed by atoms with Gasteiger partial charge in [-0.15, -0.1) is 10.2 Å². The van der Waals surface area contributed by atoms with Crippen LogP contribution in [0.5, 0.6) is 11.5 Å². The zero-order valence-electron chi connectivity index (χ0n) is 16.2. The number of rotatable bonds is 6. The molecule has 0 atom stereocenters. The standard InChI is InChI=1S/C20H19N5O3S/c1-12-23-24-19-20(22-14-6-4-5-7-16(14)25(12)19)29-11-18(26)21-15-9-8-13(27-2)10-17(15)28-3/h4-10H,11H2,1-3H3,(H,21,26). The first-order valence-corrected chi connectivity index (χ1v) is 9.84. The summed E-state index contributed by atoms with van der Waals surface area (Å²) in [5, 5.41) is 11.9. The summed E-state index contributed by atoms with van der Waals surface area (Å²) < 4.78 is 12.5. The number of ether oxygens (including phenoxy) is 2. The fourth-order valence-corrected chi connectivity index (χ4v) is 3.78. The Morgan fingerprint density at radius 3 is 2.76 bits per heavy atom. The fourth-order valence-electron chi connectivity index (χ4n) is 3.02. The molecule has 0 aliphatic heterocycles. The number of aryl methyl sites for hydroxylation is 1. The molecule has 0 saturated carbocycles. The van der Waals surface area contributed by atoms with Gasteiger partial charge in [-0.1, -0.05) is 23.9 Å². The highest BCUT2D eigenvalue weighted by atomic mass is 32.2. The maximum Gasteiger partial charge on any atom is 0.234 e. The van der Waals surface area contributed by atoms with Gasteiger partial charge >= 0.3 is 0 Å². The van der Waals surface area contributed by atoms with Gasteiger partial charge in [0.25, 0.3) is 0 Å². The maximum absolute atomic E-state index is 12.5. The number of fused-ring (bicyclic) bond motifs is 3. The van der Waals surface area contributed by atoms with Gasteiger partial charge in [0.1, 0.15) is 22.3 Å². The lowest BCUT2D eigenvalue weighted by molar-refractivity contribution is -0.113. The van der Waals surface area contributed by atoms with E-state index in [-0.39, 0.29) is 11.7 Å². The second kappa shape index (κ2) is 7.96. The third-order valence-corrected chi connectivity index (χ3v) is 5.34. The molecule has 0 aliphatic carbocycles. The molecular weight excluding hydrogens is 390 g/mol. The van der Waals surface area contributed by atoms with E-state index in [1.165, 1.54) is 11.8 Å². The van der Waals surface area contributed by atoms with Crippen molar-refractivity contribution in [2.75, 3.05) is 25.3 Å². The van der Waals surface area contributed by atoms with Crippen molar-refractivity contribution in [2.45, 2.75) is 11.9 Å². The molecule has 0 radical (unpaired) electrons. The van der Waals surface area contributed by atoms with Crippen LogP contribution in [0, 0.1) is 6.92 Å². The second-order valence-electron chi connectivity index (χ2n) is 6.21. The number of carbonyl (C=O) groups is 1. The Kier molecular flexibility index (Phi) is 5.22. The molecule has 0 unspecified atom stereocenters. The summed E-state index contributed by atoms with van der Waals surface area (Å²) >= 11 is 1.31. The quantitative estimate of drug-likeness (QED) is 0.489. The number of thioether (sulfide) groups is 1. The number of carbonyl (C=O) groups excluding carboxylic acids is 1. The van der Waals surface area contributed by atoms with E-state index < -0.39 is 0 Å². The Bertz CT molecular complexity index is 1210. The van der Waals surface area contributed by atoms with Crippen LogP contribution in [0.25, 0.3) is 16.7 Å². The van der Waals surface area contributed by atoms with Crippen molar-refractivity contribution in [2.24, 2.45) is 0 Å². The van der Waals surface area contributed by atoms with Gasteiger partial charge in [0.2, 0.25) is 5.91 Å². The lowest BCUT2D eigenvalue weighted by Gasteiger charge is -2.11. The lowest BCUT2D eigenvalue weighted by atomic mass is 10.2. The number of nitrogens with one attached hydrogen (secondary N) is 1. The molecule has 2 heterocycles. The molecule has 2 aromatic carbocycles. The van der Waals surface area contributed by atoms with E-state index in [2.05, 4.69) is 20.5 Å². The topological polar surface area (TPSA) is 90.6 Å². The van der Waals surface area contributed by atoms with Gasteiger partial charge < -0.3 is 14.8 Å². The maximum atomic E-state index is 12.5. The van der Waals surface area contributed by atoms with Crippen LogP contribution in [0.2, 0.25) is 0 Å². The SMILES string of the molecule is COc1ccc(NC(=O)CSc2nc3ccccc3n3c(C)nnc23)c(OC)c1. The Morgan fingerprint density at radius 2 is 1.97 bits per heavy atom. The van der Waals surface area contributed by atoms with Crippen molar-refractivity contribution in [3.63, 3.8) is 0 Å². The van der Waals surface area contributed by atoms with Crippen molar-refractivity contribution in [1.82, 2.24) is 19.6 Å². The predicted octanol–water partition coefficient (Wildman–Crippen LogP) is 3.33. The van der Waals surface area contributed by atoms with E-state index in [0.717, 1.165) is 16.9 Å². The highest BCUT2D eigenvalue weighted by Gasteiger charge is 2.15. The number of hydrogen-bond donors (Lipinski definition) is 1. The molecule has 1 amide bonds. The van der Waals surface area contributed by atoms with E-state index in [1.54, 1.807) is 32.4 Å². The van der Waals surface area contributed by atoms with E-state index in [0.29, 0.717) is 27.9 Å². The Morgan fingerprint density at radius 1 is 1.14 bits per heavy atom. The van der Waals surface area contributed by atoms with Gasteiger partial charge in [-0.25, -0.2) is 4.98 Å². The van der Waals surface area contributed by atoms with Gasteiger partial charge in [0.05, 0.1) is 36.7 Å². The van der Waals surface area contributed by atoms with Crippen molar-refractivity contribution in [3.05, 3.63) is 48.3 Å². The zero-order chi connectivity index (χ0) is 20.4. The highest BCUT2D eigenvalue weighted by Crippen LogP contribution is 2.30. The van der Waals surface area contributed by atoms with Gasteiger partial charge in [-0.3, -0.25) is 9.20 Å². The molecule has 8 nitrogen and oxygen atoms in total. The van der Waals surface area contributed by atoms with E-state index in [9.17, 15) is 4.79 Å².